The molecule has 0 aliphatic rings. The van der Waals surface area contributed by atoms with Gasteiger partial charge in [0.15, 0.2) is 0 Å². The maximum Gasteiger partial charge on any atom is 0.309 e. The van der Waals surface area contributed by atoms with Gasteiger partial charge in [-0.25, -0.2) is 0 Å². The second kappa shape index (κ2) is 11.0. The summed E-state index contributed by atoms with van der Waals surface area (Å²) < 4.78 is 10.2. The number of aliphatic hydroxyl groups excluding tert-OH is 1. The van der Waals surface area contributed by atoms with Gasteiger partial charge in [-0.15, -0.1) is 0 Å². The van der Waals surface area contributed by atoms with Crippen LogP contribution in [0.15, 0.2) is 0 Å². The fraction of sp³-hybridized carbons (Fsp3) is 0.812. The summed E-state index contributed by atoms with van der Waals surface area (Å²) in [5, 5.41) is 18.7. The highest BCUT2D eigenvalue weighted by atomic mass is 16.5. The van der Waals surface area contributed by atoms with Crippen LogP contribution in [-0.4, -0.2) is 46.9 Å². The monoisotopic (exact) mass is 332 g/mol. The van der Waals surface area contributed by atoms with Crippen molar-refractivity contribution in [2.24, 2.45) is 11.8 Å². The minimum absolute atomic E-state index is 0.0513. The Balaban J connectivity index is 4.99. The summed E-state index contributed by atoms with van der Waals surface area (Å²) in [5.41, 5.74) is 0. The van der Waals surface area contributed by atoms with Crippen molar-refractivity contribution in [3.8, 4) is 0 Å². The Morgan fingerprint density at radius 3 is 2.00 bits per heavy atom. The zero-order valence-corrected chi connectivity index (χ0v) is 14.3. The number of aliphatic carboxylic acids is 1. The number of aliphatic hydroxyl groups is 1. The first-order valence-corrected chi connectivity index (χ1v) is 7.95. The van der Waals surface area contributed by atoms with E-state index in [1.54, 1.807) is 6.92 Å². The molecule has 0 aromatic carbocycles. The number of carboxylic acid groups (broad SMARTS) is 1. The minimum Gasteiger partial charge on any atom is -0.481 e. The van der Waals surface area contributed by atoms with Crippen molar-refractivity contribution in [3.05, 3.63) is 0 Å². The van der Waals surface area contributed by atoms with Crippen molar-refractivity contribution >= 4 is 17.9 Å². The van der Waals surface area contributed by atoms with E-state index in [0.717, 1.165) is 0 Å². The second-order valence-corrected chi connectivity index (χ2v) is 5.68. The van der Waals surface area contributed by atoms with Crippen LogP contribution in [0.2, 0.25) is 0 Å². The fourth-order valence-electron chi connectivity index (χ4n) is 2.46. The standard InChI is InChI=1S/C16H28O7/c1-5-12(16(21)22-6-2)8-14(23-11(4)18)9-13(15(19)20)7-10(3)17/h10,12-14,17H,5-9H2,1-4H3,(H,19,20). The zero-order valence-electron chi connectivity index (χ0n) is 14.3. The minimum atomic E-state index is -1.06. The second-order valence-electron chi connectivity index (χ2n) is 5.68. The molecule has 23 heavy (non-hydrogen) atoms. The van der Waals surface area contributed by atoms with Gasteiger partial charge in [0.1, 0.15) is 6.10 Å². The lowest BCUT2D eigenvalue weighted by atomic mass is 9.90. The lowest BCUT2D eigenvalue weighted by Crippen LogP contribution is -2.30. The van der Waals surface area contributed by atoms with Crippen LogP contribution in [0.25, 0.3) is 0 Å². The Bertz CT molecular complexity index is 392. The molecular formula is C16H28O7. The molecule has 0 rings (SSSR count). The topological polar surface area (TPSA) is 110 Å². The van der Waals surface area contributed by atoms with E-state index in [-0.39, 0.29) is 31.8 Å². The molecule has 0 heterocycles. The molecule has 0 aliphatic heterocycles. The van der Waals surface area contributed by atoms with Gasteiger partial charge in [0.2, 0.25) is 0 Å². The smallest absolute Gasteiger partial charge is 0.309 e. The summed E-state index contributed by atoms with van der Waals surface area (Å²) in [7, 11) is 0. The molecule has 2 N–H and O–H groups in total. The molecule has 0 saturated heterocycles. The van der Waals surface area contributed by atoms with Gasteiger partial charge in [0.05, 0.1) is 24.5 Å². The molecule has 134 valence electrons. The molecule has 0 aromatic rings. The van der Waals surface area contributed by atoms with E-state index >= 15 is 0 Å². The Hall–Kier alpha value is -1.63. The summed E-state index contributed by atoms with van der Waals surface area (Å²) >= 11 is 0. The van der Waals surface area contributed by atoms with Gasteiger partial charge in [0.25, 0.3) is 0 Å². The van der Waals surface area contributed by atoms with E-state index in [9.17, 15) is 24.6 Å². The lowest BCUT2D eigenvalue weighted by Gasteiger charge is -2.24. The summed E-state index contributed by atoms with van der Waals surface area (Å²) in [5.74, 6) is -3.28. The van der Waals surface area contributed by atoms with Crippen LogP contribution in [0.4, 0.5) is 0 Å². The number of carbonyl (C=O) groups excluding carboxylic acids is 2. The number of carboxylic acids is 1. The number of rotatable bonds is 11. The maximum atomic E-state index is 11.9. The van der Waals surface area contributed by atoms with Crippen molar-refractivity contribution in [1.29, 1.82) is 0 Å². The highest BCUT2D eigenvalue weighted by molar-refractivity contribution is 5.73. The predicted molar refractivity (Wildman–Crippen MR) is 82.6 cm³/mol. The van der Waals surface area contributed by atoms with Crippen LogP contribution in [0.3, 0.4) is 0 Å². The third-order valence-corrected chi connectivity index (χ3v) is 3.52. The molecule has 0 spiro atoms. The molecular weight excluding hydrogens is 304 g/mol. The molecule has 0 fully saturated rings. The molecule has 0 bridgehead atoms. The highest BCUT2D eigenvalue weighted by Crippen LogP contribution is 2.23. The predicted octanol–water partition coefficient (Wildman–Crippen LogP) is 1.76. The van der Waals surface area contributed by atoms with Crippen LogP contribution in [0, 0.1) is 11.8 Å². The average molecular weight is 332 g/mol. The fourth-order valence-corrected chi connectivity index (χ4v) is 2.46. The van der Waals surface area contributed by atoms with Crippen LogP contribution in [-0.2, 0) is 23.9 Å². The van der Waals surface area contributed by atoms with E-state index in [0.29, 0.717) is 6.42 Å². The summed E-state index contributed by atoms with van der Waals surface area (Å²) in [6, 6.07) is 0. The number of hydrogen-bond acceptors (Lipinski definition) is 6. The molecule has 0 aromatic heterocycles. The summed E-state index contributed by atoms with van der Waals surface area (Å²) in [4.78, 5) is 34.4. The van der Waals surface area contributed by atoms with E-state index in [2.05, 4.69) is 0 Å². The first-order chi connectivity index (χ1) is 10.7. The molecule has 0 radical (unpaired) electrons. The van der Waals surface area contributed by atoms with Gasteiger partial charge >= 0.3 is 17.9 Å². The van der Waals surface area contributed by atoms with Crippen molar-refractivity contribution < 1.29 is 34.1 Å². The number of hydrogen-bond donors (Lipinski definition) is 2. The van der Waals surface area contributed by atoms with Crippen molar-refractivity contribution in [2.45, 2.75) is 65.6 Å². The third kappa shape index (κ3) is 9.18. The van der Waals surface area contributed by atoms with Crippen LogP contribution < -0.4 is 0 Å². The Morgan fingerprint density at radius 1 is 1.04 bits per heavy atom. The first kappa shape index (κ1) is 21.4. The van der Waals surface area contributed by atoms with Crippen LogP contribution in [0.1, 0.15) is 53.4 Å². The van der Waals surface area contributed by atoms with Gasteiger partial charge in [-0.2, -0.15) is 0 Å². The van der Waals surface area contributed by atoms with Gasteiger partial charge in [-0.1, -0.05) is 6.92 Å². The third-order valence-electron chi connectivity index (χ3n) is 3.52. The summed E-state index contributed by atoms with van der Waals surface area (Å²) in [6.45, 7) is 6.52. The van der Waals surface area contributed by atoms with Crippen LogP contribution in [0.5, 0.6) is 0 Å². The van der Waals surface area contributed by atoms with Crippen molar-refractivity contribution in [2.75, 3.05) is 6.61 Å². The molecule has 7 heteroatoms. The normalized spacial score (nSPS) is 16.0. The molecule has 7 nitrogen and oxygen atoms in total. The zero-order chi connectivity index (χ0) is 18.0. The van der Waals surface area contributed by atoms with E-state index in [4.69, 9.17) is 9.47 Å². The van der Waals surface area contributed by atoms with E-state index in [1.165, 1.54) is 13.8 Å². The quantitative estimate of drug-likeness (QED) is 0.555. The van der Waals surface area contributed by atoms with Gasteiger partial charge in [-0.3, -0.25) is 14.4 Å². The van der Waals surface area contributed by atoms with E-state index < -0.39 is 36.0 Å². The lowest BCUT2D eigenvalue weighted by molar-refractivity contribution is -0.157. The largest absolute Gasteiger partial charge is 0.481 e. The Morgan fingerprint density at radius 2 is 1.61 bits per heavy atom. The number of carbonyl (C=O) groups is 3. The highest BCUT2D eigenvalue weighted by Gasteiger charge is 2.30. The SMILES string of the molecule is CCOC(=O)C(CC)CC(CC(CC(C)O)C(=O)O)OC(C)=O. The molecule has 4 atom stereocenters. The number of ether oxygens (including phenoxy) is 2. The van der Waals surface area contributed by atoms with Gasteiger partial charge in [0, 0.05) is 6.92 Å². The molecule has 4 unspecified atom stereocenters. The molecule has 0 saturated carbocycles. The molecule has 0 amide bonds. The van der Waals surface area contributed by atoms with Gasteiger partial charge < -0.3 is 19.7 Å². The summed E-state index contributed by atoms with van der Waals surface area (Å²) in [6.07, 6.45) is -0.662. The molecule has 0 aliphatic carbocycles. The average Bonchev–Trinajstić information content (AvgIpc) is 2.42. The maximum absolute atomic E-state index is 11.9. The van der Waals surface area contributed by atoms with Crippen molar-refractivity contribution in [3.63, 3.8) is 0 Å². The van der Waals surface area contributed by atoms with Gasteiger partial charge in [-0.05, 0) is 39.5 Å². The van der Waals surface area contributed by atoms with Crippen molar-refractivity contribution in [1.82, 2.24) is 0 Å². The van der Waals surface area contributed by atoms with Crippen LogP contribution >= 0.6 is 0 Å². The van der Waals surface area contributed by atoms with E-state index in [1.807, 2.05) is 6.92 Å². The Kier molecular flexibility index (Phi) is 10.2. The Labute approximate surface area is 137 Å². The number of esters is 2. The first-order valence-electron chi connectivity index (χ1n) is 7.95.